The summed E-state index contributed by atoms with van der Waals surface area (Å²) in [6.45, 7) is 2.62. The van der Waals surface area contributed by atoms with Crippen LogP contribution >= 0.6 is 35.0 Å². The van der Waals surface area contributed by atoms with Crippen molar-refractivity contribution in [3.63, 3.8) is 0 Å². The second kappa shape index (κ2) is 18.3. The average molecular weight is 870 g/mol. The van der Waals surface area contributed by atoms with Crippen LogP contribution in [0.25, 0.3) is 0 Å². The van der Waals surface area contributed by atoms with Crippen LogP contribution in [0.5, 0.6) is 11.5 Å². The third-order valence-electron chi connectivity index (χ3n) is 10.6. The Hall–Kier alpha value is -4.38. The Morgan fingerprint density at radius 1 is 0.897 bits per heavy atom. The fraction of sp³-hybridized carbons (Fsp3) is 0.366. The molecule has 1 aromatic heterocycles. The molecule has 0 saturated carbocycles. The van der Waals surface area contributed by atoms with Gasteiger partial charge in [-0.1, -0.05) is 65.7 Å². The molecule has 4 aliphatic heterocycles. The van der Waals surface area contributed by atoms with Crippen LogP contribution in [0.3, 0.4) is 0 Å². The van der Waals surface area contributed by atoms with Crippen LogP contribution in [0.15, 0.2) is 90.1 Å². The Bertz CT molecular complexity index is 2240. The molecular weight excluding hydrogens is 828 g/mol. The largest absolute Gasteiger partial charge is 0.493 e. The zero-order chi connectivity index (χ0) is 41.0. The first-order valence-corrected chi connectivity index (χ1v) is 21.9. The maximum atomic E-state index is 14.3. The van der Waals surface area contributed by atoms with Crippen molar-refractivity contribution < 1.29 is 41.7 Å². The van der Waals surface area contributed by atoms with E-state index in [2.05, 4.69) is 15.2 Å². The van der Waals surface area contributed by atoms with Crippen LogP contribution in [0, 0.1) is 5.92 Å². The third-order valence-corrected chi connectivity index (χ3v) is 14.5. The SMILES string of the molecule is COc1ccc([C@H](Cc2c(Cl)cncc2Cl)OC(=O)[C@@H]2SCCN2S(=O)(=O)c2cccc(C(=O)NC(C(=O)O[C@H]3CN4CCC3CC4)c3ccccc3)c2)cc1OC. The molecule has 3 aromatic carbocycles. The number of piperidine rings is 3. The van der Waals surface area contributed by atoms with Crippen LogP contribution < -0.4 is 14.8 Å². The smallest absolute Gasteiger partial charge is 0.335 e. The van der Waals surface area contributed by atoms with Gasteiger partial charge in [0, 0.05) is 43.2 Å². The topological polar surface area (TPSA) is 154 Å². The molecule has 4 aromatic rings. The van der Waals surface area contributed by atoms with E-state index in [4.69, 9.17) is 42.1 Å². The van der Waals surface area contributed by atoms with Gasteiger partial charge in [0.15, 0.2) is 22.9 Å². The number of pyridine rings is 1. The normalized spacial score (nSPS) is 21.4. The summed E-state index contributed by atoms with van der Waals surface area (Å²) in [5.74, 6) is -0.653. The molecule has 8 rings (SSSR count). The summed E-state index contributed by atoms with van der Waals surface area (Å²) in [6.07, 6.45) is 3.55. The lowest BCUT2D eigenvalue weighted by atomic mass is 9.86. The number of carbonyl (C=O) groups excluding carboxylic acids is 3. The number of halogens is 2. The Morgan fingerprint density at radius 2 is 1.62 bits per heavy atom. The van der Waals surface area contributed by atoms with E-state index < -0.39 is 45.4 Å². The van der Waals surface area contributed by atoms with E-state index in [1.54, 1.807) is 48.5 Å². The van der Waals surface area contributed by atoms with Crippen LogP contribution in [-0.2, 0) is 35.5 Å². The number of ether oxygens (including phenoxy) is 4. The van der Waals surface area contributed by atoms with Crippen molar-refractivity contribution >= 4 is 62.8 Å². The zero-order valence-electron chi connectivity index (χ0n) is 31.7. The lowest BCUT2D eigenvalue weighted by molar-refractivity contribution is -0.161. The van der Waals surface area contributed by atoms with Crippen molar-refractivity contribution in [1.29, 1.82) is 0 Å². The minimum Gasteiger partial charge on any atom is -0.493 e. The average Bonchev–Trinajstić information content (AvgIpc) is 3.76. The molecular formula is C41H42Cl2N4O9S2. The van der Waals surface area contributed by atoms with Gasteiger partial charge in [0.25, 0.3) is 5.91 Å². The number of sulfonamides is 1. The predicted molar refractivity (Wildman–Crippen MR) is 219 cm³/mol. The number of rotatable bonds is 14. The van der Waals surface area contributed by atoms with Crippen LogP contribution in [-0.4, -0.2) is 98.1 Å². The maximum Gasteiger partial charge on any atom is 0.335 e. The van der Waals surface area contributed by atoms with Crippen molar-refractivity contribution in [2.24, 2.45) is 5.92 Å². The van der Waals surface area contributed by atoms with E-state index in [1.807, 2.05) is 0 Å². The monoisotopic (exact) mass is 868 g/mol. The summed E-state index contributed by atoms with van der Waals surface area (Å²) >= 11 is 14.0. The number of fused-ring (bicyclic) bond motifs is 3. The number of nitrogens with one attached hydrogen (secondary N) is 1. The van der Waals surface area contributed by atoms with Gasteiger partial charge in [0.1, 0.15) is 12.2 Å². The second-order valence-electron chi connectivity index (χ2n) is 14.1. The highest BCUT2D eigenvalue weighted by atomic mass is 35.5. The molecule has 2 bridgehead atoms. The number of carbonyl (C=O) groups is 3. The number of amides is 1. The van der Waals surface area contributed by atoms with E-state index >= 15 is 0 Å². The van der Waals surface area contributed by atoms with Crippen molar-refractivity contribution in [2.45, 2.75) is 47.8 Å². The number of hydrogen-bond donors (Lipinski definition) is 1. The highest BCUT2D eigenvalue weighted by Gasteiger charge is 2.43. The maximum absolute atomic E-state index is 14.3. The van der Waals surface area contributed by atoms with Gasteiger partial charge in [-0.3, -0.25) is 14.7 Å². The molecule has 306 valence electrons. The molecule has 0 spiro atoms. The standard InChI is InChI=1S/C41H42Cl2N4O9S2/c1-53-33-12-11-27(20-35(33)54-2)34(21-30-31(42)22-44-23-32(30)43)55-41(50)39-47(17-18-57-39)58(51,52)29-10-6-9-28(19-29)38(48)45-37(26-7-4-3-5-8-26)40(49)56-36-24-46-15-13-25(36)14-16-46/h3-12,19-20,22-23,25,34,36-37,39H,13-18,21,24H2,1-2H3,(H,45,48)/t34-,36-,37?,39-/m0/s1. The van der Waals surface area contributed by atoms with Gasteiger partial charge < -0.3 is 24.3 Å². The van der Waals surface area contributed by atoms with Crippen LogP contribution in [0.4, 0.5) is 0 Å². The molecule has 1 N–H and O–H groups in total. The molecule has 13 nitrogen and oxygen atoms in total. The number of hydrogen-bond acceptors (Lipinski definition) is 12. The fourth-order valence-electron chi connectivity index (χ4n) is 7.52. The van der Waals surface area contributed by atoms with Crippen LogP contribution in [0.2, 0.25) is 10.0 Å². The number of esters is 2. The van der Waals surface area contributed by atoms with E-state index in [0.29, 0.717) is 40.5 Å². The lowest BCUT2D eigenvalue weighted by Gasteiger charge is -2.44. The van der Waals surface area contributed by atoms with E-state index in [0.717, 1.165) is 42.0 Å². The molecule has 58 heavy (non-hydrogen) atoms. The van der Waals surface area contributed by atoms with Crippen molar-refractivity contribution in [1.82, 2.24) is 19.5 Å². The first kappa shape index (κ1) is 41.8. The molecule has 4 saturated heterocycles. The highest BCUT2D eigenvalue weighted by molar-refractivity contribution is 8.02. The quantitative estimate of drug-likeness (QED) is 0.146. The minimum absolute atomic E-state index is 0.00300. The summed E-state index contributed by atoms with van der Waals surface area (Å²) in [7, 11) is -1.38. The van der Waals surface area contributed by atoms with Gasteiger partial charge in [-0.05, 0) is 78.9 Å². The van der Waals surface area contributed by atoms with E-state index in [-0.39, 0.29) is 45.5 Å². The van der Waals surface area contributed by atoms with Crippen molar-refractivity contribution in [3.8, 4) is 11.5 Å². The van der Waals surface area contributed by atoms with Gasteiger partial charge >= 0.3 is 11.9 Å². The second-order valence-corrected chi connectivity index (χ2v) is 18.0. The Balaban J connectivity index is 1.10. The molecule has 17 heteroatoms. The summed E-state index contributed by atoms with van der Waals surface area (Å²) in [5.41, 5.74) is 1.53. The summed E-state index contributed by atoms with van der Waals surface area (Å²) < 4.78 is 52.6. The van der Waals surface area contributed by atoms with E-state index in [9.17, 15) is 22.8 Å². The molecule has 5 heterocycles. The van der Waals surface area contributed by atoms with E-state index in [1.165, 1.54) is 50.9 Å². The third kappa shape index (κ3) is 9.09. The first-order chi connectivity index (χ1) is 28.0. The van der Waals surface area contributed by atoms with Crippen molar-refractivity contribution in [3.05, 3.63) is 117 Å². The molecule has 4 aliphatic rings. The molecule has 1 unspecified atom stereocenters. The number of thioether (sulfide) groups is 1. The fourth-order valence-corrected chi connectivity index (χ4v) is 11.1. The van der Waals surface area contributed by atoms with Gasteiger partial charge in [-0.15, -0.1) is 11.8 Å². The zero-order valence-corrected chi connectivity index (χ0v) is 34.9. The summed E-state index contributed by atoms with van der Waals surface area (Å²) in [5, 5.41) is 2.06. The van der Waals surface area contributed by atoms with Gasteiger partial charge in [0.05, 0.1) is 29.2 Å². The highest BCUT2D eigenvalue weighted by Crippen LogP contribution is 2.38. The van der Waals surface area contributed by atoms with Gasteiger partial charge in [-0.2, -0.15) is 4.31 Å². The number of nitrogens with zero attached hydrogens (tertiary/aromatic N) is 3. The number of aromatic nitrogens is 1. The van der Waals surface area contributed by atoms with Gasteiger partial charge in [-0.25, -0.2) is 18.0 Å². The summed E-state index contributed by atoms with van der Waals surface area (Å²) in [6, 6.07) is 18.2. The minimum atomic E-state index is -4.35. The number of benzene rings is 3. The molecule has 0 radical (unpaired) electrons. The predicted octanol–water partition coefficient (Wildman–Crippen LogP) is 6.10. The Kier molecular flexibility index (Phi) is 13.2. The molecule has 4 fully saturated rings. The summed E-state index contributed by atoms with van der Waals surface area (Å²) in [4.78, 5) is 47.6. The number of methoxy groups -OCH3 is 2. The van der Waals surface area contributed by atoms with Gasteiger partial charge in [0.2, 0.25) is 10.0 Å². The Labute approximate surface area is 351 Å². The molecule has 0 aliphatic carbocycles. The first-order valence-electron chi connectivity index (χ1n) is 18.7. The Morgan fingerprint density at radius 3 is 2.29 bits per heavy atom. The molecule has 4 atom stereocenters. The van der Waals surface area contributed by atoms with Crippen molar-refractivity contribution in [2.75, 3.05) is 46.2 Å². The lowest BCUT2D eigenvalue weighted by Crippen LogP contribution is -2.52. The van der Waals surface area contributed by atoms with Crippen LogP contribution in [0.1, 0.15) is 52.0 Å². The molecule has 1 amide bonds.